The molecule has 7 nitrogen and oxygen atoms in total. The number of carbonyl (C=O) groups excluding carboxylic acids is 1. The van der Waals surface area contributed by atoms with Gasteiger partial charge in [-0.3, -0.25) is 9.69 Å². The molecule has 8 heteroatoms. The van der Waals surface area contributed by atoms with E-state index in [-0.39, 0.29) is 29.8 Å². The van der Waals surface area contributed by atoms with E-state index in [2.05, 4.69) is 27.1 Å². The molecule has 0 unspecified atom stereocenters. The van der Waals surface area contributed by atoms with Crippen molar-refractivity contribution in [1.82, 2.24) is 9.97 Å². The highest BCUT2D eigenvalue weighted by atomic mass is 35.5. The molecular weight excluding hydrogens is 366 g/mol. The number of amides is 1. The van der Waals surface area contributed by atoms with Crippen LogP contribution in [0.2, 0.25) is 5.02 Å². The molecule has 1 aromatic heterocycles. The van der Waals surface area contributed by atoms with E-state index < -0.39 is 6.04 Å². The van der Waals surface area contributed by atoms with Crippen LogP contribution in [0.5, 0.6) is 5.75 Å². The van der Waals surface area contributed by atoms with Crippen LogP contribution < -0.4 is 15.1 Å². The first-order valence-corrected chi connectivity index (χ1v) is 8.41. The van der Waals surface area contributed by atoms with Crippen LogP contribution in [0.4, 0.5) is 23.1 Å². The third-order valence-electron chi connectivity index (χ3n) is 4.12. The fraction of sp³-hybridized carbons (Fsp3) is 0.211. The minimum absolute atomic E-state index is 0.0222. The summed E-state index contributed by atoms with van der Waals surface area (Å²) in [5.74, 6) is 5.65. The molecule has 0 spiro atoms. The van der Waals surface area contributed by atoms with Crippen molar-refractivity contribution in [3.8, 4) is 30.4 Å². The lowest BCUT2D eigenvalue weighted by atomic mass is 10.1. The van der Waals surface area contributed by atoms with Gasteiger partial charge in [-0.25, -0.2) is 4.98 Å². The van der Waals surface area contributed by atoms with Crippen molar-refractivity contribution in [3.63, 3.8) is 0 Å². The Labute approximate surface area is 162 Å². The predicted octanol–water partition coefficient (Wildman–Crippen LogP) is 2.39. The first kappa shape index (κ1) is 18.4. The molecule has 0 aliphatic carbocycles. The Morgan fingerprint density at radius 2 is 2.07 bits per heavy atom. The number of nitrogens with one attached hydrogen (secondary N) is 1. The van der Waals surface area contributed by atoms with Gasteiger partial charge in [0.05, 0.1) is 24.3 Å². The fourth-order valence-corrected chi connectivity index (χ4v) is 2.95. The van der Waals surface area contributed by atoms with Crippen LogP contribution in [0.3, 0.4) is 0 Å². The highest BCUT2D eigenvalue weighted by molar-refractivity contribution is 6.32. The molecule has 0 bridgehead atoms. The quantitative estimate of drug-likeness (QED) is 0.625. The monoisotopic (exact) mass is 381 g/mol. The van der Waals surface area contributed by atoms with Crippen LogP contribution in [0.15, 0.2) is 24.4 Å². The van der Waals surface area contributed by atoms with Crippen LogP contribution >= 0.6 is 11.6 Å². The molecule has 2 heterocycles. The lowest BCUT2D eigenvalue weighted by Gasteiger charge is -2.38. The summed E-state index contributed by atoms with van der Waals surface area (Å²) in [6.07, 6.45) is 12.4. The van der Waals surface area contributed by atoms with Gasteiger partial charge in [-0.2, -0.15) is 4.98 Å². The van der Waals surface area contributed by atoms with E-state index in [1.165, 1.54) is 17.2 Å². The lowest BCUT2D eigenvalue weighted by Crippen LogP contribution is -2.52. The molecule has 0 saturated carbocycles. The normalized spacial score (nSPS) is 15.7. The molecule has 2 aromatic rings. The average Bonchev–Trinajstić information content (AvgIpc) is 2.65. The highest BCUT2D eigenvalue weighted by Gasteiger charge is 2.36. The van der Waals surface area contributed by atoms with Crippen molar-refractivity contribution < 1.29 is 9.90 Å². The SMILES string of the molecule is C#CCN1C(=O)[C@@H](C)N(CC#C)c2nc(Nc3ccc(O)c(Cl)c3)ncc21. The molecule has 0 fully saturated rings. The molecule has 1 aliphatic rings. The summed E-state index contributed by atoms with van der Waals surface area (Å²) in [5, 5.41) is 12.7. The van der Waals surface area contributed by atoms with Crippen molar-refractivity contribution in [2.75, 3.05) is 28.2 Å². The second-order valence-corrected chi connectivity index (χ2v) is 6.24. The summed E-state index contributed by atoms with van der Waals surface area (Å²) >= 11 is 5.92. The van der Waals surface area contributed by atoms with Crippen LogP contribution in [0.25, 0.3) is 0 Å². The van der Waals surface area contributed by atoms with Gasteiger partial charge in [0.1, 0.15) is 17.5 Å². The highest BCUT2D eigenvalue weighted by Crippen LogP contribution is 2.35. The van der Waals surface area contributed by atoms with Gasteiger partial charge in [0.25, 0.3) is 0 Å². The number of hydrogen-bond acceptors (Lipinski definition) is 6. The number of nitrogens with zero attached hydrogens (tertiary/aromatic N) is 4. The number of halogens is 1. The van der Waals surface area contributed by atoms with Crippen molar-refractivity contribution in [2.45, 2.75) is 13.0 Å². The van der Waals surface area contributed by atoms with Gasteiger partial charge in [-0.05, 0) is 25.1 Å². The topological polar surface area (TPSA) is 81.6 Å². The Bertz CT molecular complexity index is 979. The van der Waals surface area contributed by atoms with Gasteiger partial charge in [0.2, 0.25) is 11.9 Å². The molecular formula is C19H16ClN5O2. The standard InChI is InChI=1S/C19H16ClN5O2/c1-4-8-24-12(3)18(27)25(9-5-2)15-11-21-19(23-17(15)24)22-13-6-7-16(26)14(20)10-13/h1-2,6-7,10-12,26H,8-9H2,3H3,(H,21,22,23)/t12-/m1/s1. The minimum Gasteiger partial charge on any atom is -0.506 e. The van der Waals surface area contributed by atoms with E-state index in [9.17, 15) is 9.90 Å². The number of hydrogen-bond donors (Lipinski definition) is 2. The van der Waals surface area contributed by atoms with E-state index in [4.69, 9.17) is 24.4 Å². The zero-order valence-electron chi connectivity index (χ0n) is 14.5. The summed E-state index contributed by atoms with van der Waals surface area (Å²) < 4.78 is 0. The number of terminal acetylenes is 2. The molecule has 2 N–H and O–H groups in total. The fourth-order valence-electron chi connectivity index (χ4n) is 2.77. The number of phenols is 1. The van der Waals surface area contributed by atoms with Crippen molar-refractivity contribution in [2.24, 2.45) is 0 Å². The molecule has 3 rings (SSSR count). The van der Waals surface area contributed by atoms with E-state index in [0.717, 1.165) is 0 Å². The van der Waals surface area contributed by atoms with E-state index >= 15 is 0 Å². The number of carbonyl (C=O) groups is 1. The Balaban J connectivity index is 2.01. The van der Waals surface area contributed by atoms with Crippen LogP contribution in [-0.2, 0) is 4.79 Å². The number of anilines is 4. The molecule has 0 radical (unpaired) electrons. The molecule has 27 heavy (non-hydrogen) atoms. The van der Waals surface area contributed by atoms with E-state index in [1.54, 1.807) is 24.0 Å². The smallest absolute Gasteiger partial charge is 0.250 e. The van der Waals surface area contributed by atoms with Crippen molar-refractivity contribution in [1.29, 1.82) is 0 Å². The summed E-state index contributed by atoms with van der Waals surface area (Å²) in [6.45, 7) is 2.08. The predicted molar refractivity (Wildman–Crippen MR) is 105 cm³/mol. The van der Waals surface area contributed by atoms with Crippen LogP contribution in [-0.4, -0.2) is 40.1 Å². The second kappa shape index (κ2) is 7.45. The van der Waals surface area contributed by atoms with Gasteiger partial charge in [0.15, 0.2) is 5.82 Å². The number of phenolic OH excluding ortho intramolecular Hbond substituents is 1. The molecule has 1 aromatic carbocycles. The van der Waals surface area contributed by atoms with Crippen molar-refractivity contribution >= 4 is 40.6 Å². The average molecular weight is 382 g/mol. The first-order chi connectivity index (χ1) is 13.0. The van der Waals surface area contributed by atoms with Gasteiger partial charge in [-0.15, -0.1) is 12.8 Å². The minimum atomic E-state index is -0.507. The Morgan fingerprint density at radius 1 is 1.33 bits per heavy atom. The summed E-state index contributed by atoms with van der Waals surface area (Å²) in [6, 6.07) is 4.14. The lowest BCUT2D eigenvalue weighted by molar-refractivity contribution is -0.119. The van der Waals surface area contributed by atoms with E-state index in [1.807, 2.05) is 0 Å². The van der Waals surface area contributed by atoms with E-state index in [0.29, 0.717) is 23.1 Å². The van der Waals surface area contributed by atoms with Gasteiger partial charge >= 0.3 is 0 Å². The number of fused-ring (bicyclic) bond motifs is 1. The number of aromatic nitrogens is 2. The third-order valence-corrected chi connectivity index (χ3v) is 4.42. The van der Waals surface area contributed by atoms with Crippen molar-refractivity contribution in [3.05, 3.63) is 29.4 Å². The first-order valence-electron chi connectivity index (χ1n) is 8.03. The maximum atomic E-state index is 12.6. The van der Waals surface area contributed by atoms with Gasteiger partial charge in [0, 0.05) is 5.69 Å². The molecule has 0 saturated heterocycles. The molecule has 1 amide bonds. The zero-order valence-corrected chi connectivity index (χ0v) is 15.2. The van der Waals surface area contributed by atoms with Gasteiger partial charge < -0.3 is 15.3 Å². The molecule has 136 valence electrons. The van der Waals surface area contributed by atoms with Gasteiger partial charge in [-0.1, -0.05) is 23.4 Å². The number of benzene rings is 1. The summed E-state index contributed by atoms with van der Waals surface area (Å²) in [7, 11) is 0. The molecule has 1 atom stereocenters. The Kier molecular flexibility index (Phi) is 5.07. The summed E-state index contributed by atoms with van der Waals surface area (Å²) in [5.41, 5.74) is 1.10. The molecule has 1 aliphatic heterocycles. The second-order valence-electron chi connectivity index (χ2n) is 5.83. The summed E-state index contributed by atoms with van der Waals surface area (Å²) in [4.78, 5) is 24.6. The Morgan fingerprint density at radius 3 is 2.74 bits per heavy atom. The number of aromatic hydroxyl groups is 1. The van der Waals surface area contributed by atoms with Crippen LogP contribution in [0.1, 0.15) is 6.92 Å². The third kappa shape index (κ3) is 3.46. The maximum Gasteiger partial charge on any atom is 0.250 e. The maximum absolute atomic E-state index is 12.6. The van der Waals surface area contributed by atoms with Crippen LogP contribution in [0, 0.1) is 24.7 Å². The Hall–Kier alpha value is -3.42. The zero-order chi connectivity index (χ0) is 19.6. The number of rotatable bonds is 4. The largest absolute Gasteiger partial charge is 0.506 e.